The fourth-order valence-electron chi connectivity index (χ4n) is 2.11. The van der Waals surface area contributed by atoms with Crippen LogP contribution in [0.3, 0.4) is 0 Å². The molecule has 0 bridgehead atoms. The van der Waals surface area contributed by atoms with Gasteiger partial charge in [0.1, 0.15) is 0 Å². The van der Waals surface area contributed by atoms with E-state index in [1.165, 1.54) is 6.07 Å². The molecule has 124 valence electrons. The summed E-state index contributed by atoms with van der Waals surface area (Å²) >= 11 is 1.65. The van der Waals surface area contributed by atoms with Crippen molar-refractivity contribution < 1.29 is 9.66 Å². The normalized spacial score (nSPS) is 12.2. The molecule has 0 radical (unpaired) electrons. The van der Waals surface area contributed by atoms with Crippen LogP contribution in [0.4, 0.5) is 11.4 Å². The Balaban J connectivity index is 2.18. The van der Waals surface area contributed by atoms with Crippen molar-refractivity contribution >= 4 is 22.7 Å². The summed E-state index contributed by atoms with van der Waals surface area (Å²) in [5, 5.41) is 17.5. The zero-order chi connectivity index (χ0) is 17.0. The quantitative estimate of drug-likeness (QED) is 0.584. The van der Waals surface area contributed by atoms with E-state index < -0.39 is 4.92 Å². The fraction of sp³-hybridized carbons (Fsp3) is 0.438. The highest BCUT2D eigenvalue weighted by Gasteiger charge is 2.17. The molecule has 6 nitrogen and oxygen atoms in total. The van der Waals surface area contributed by atoms with Crippen LogP contribution >= 0.6 is 11.3 Å². The van der Waals surface area contributed by atoms with Crippen LogP contribution in [0.5, 0.6) is 5.75 Å². The smallest absolute Gasteiger partial charge is 0.311 e. The number of aromatic nitrogens is 1. The van der Waals surface area contributed by atoms with Gasteiger partial charge in [-0.3, -0.25) is 10.1 Å². The van der Waals surface area contributed by atoms with Gasteiger partial charge in [0.2, 0.25) is 0 Å². The Morgan fingerprint density at radius 3 is 2.70 bits per heavy atom. The molecule has 0 saturated carbocycles. The van der Waals surface area contributed by atoms with Gasteiger partial charge in [0.05, 0.1) is 28.3 Å². The van der Waals surface area contributed by atoms with Crippen LogP contribution < -0.4 is 10.1 Å². The summed E-state index contributed by atoms with van der Waals surface area (Å²) in [6.45, 7) is 8.43. The van der Waals surface area contributed by atoms with Crippen molar-refractivity contribution in [1.29, 1.82) is 0 Å². The third-order valence-corrected chi connectivity index (χ3v) is 4.48. The number of hydrogen-bond donors (Lipinski definition) is 1. The lowest BCUT2D eigenvalue weighted by molar-refractivity contribution is -0.385. The van der Waals surface area contributed by atoms with Gasteiger partial charge in [0.15, 0.2) is 5.75 Å². The Hall–Kier alpha value is -2.15. The minimum atomic E-state index is -0.437. The Bertz CT molecular complexity index is 685. The highest BCUT2D eigenvalue weighted by atomic mass is 32.1. The Labute approximate surface area is 139 Å². The predicted octanol–water partition coefficient (Wildman–Crippen LogP) is 4.75. The average Bonchev–Trinajstić information content (AvgIpc) is 2.97. The van der Waals surface area contributed by atoms with Crippen LogP contribution in [-0.4, -0.2) is 16.5 Å². The molecule has 0 aliphatic rings. The second-order valence-electron chi connectivity index (χ2n) is 5.50. The van der Waals surface area contributed by atoms with Crippen molar-refractivity contribution in [3.63, 3.8) is 0 Å². The fourth-order valence-corrected chi connectivity index (χ4v) is 3.04. The van der Waals surface area contributed by atoms with Crippen LogP contribution in [0.15, 0.2) is 23.6 Å². The number of hydrogen-bond acceptors (Lipinski definition) is 6. The average molecular weight is 335 g/mol. The van der Waals surface area contributed by atoms with E-state index in [9.17, 15) is 10.1 Å². The first-order chi connectivity index (χ1) is 10.9. The van der Waals surface area contributed by atoms with E-state index in [-0.39, 0.29) is 17.5 Å². The predicted molar refractivity (Wildman–Crippen MR) is 92.5 cm³/mol. The van der Waals surface area contributed by atoms with E-state index in [1.54, 1.807) is 30.4 Å². The van der Waals surface area contributed by atoms with E-state index in [0.717, 1.165) is 16.4 Å². The van der Waals surface area contributed by atoms with Crippen LogP contribution in [-0.2, 0) is 0 Å². The number of rotatable bonds is 7. The summed E-state index contributed by atoms with van der Waals surface area (Å²) < 4.78 is 5.37. The molecule has 1 unspecified atom stereocenters. The molecular formula is C16H21N3O3S. The SMILES string of the molecule is CCOc1cc(NC(C)c2csc(C(C)C)n2)ccc1[N+](=O)[O-]. The van der Waals surface area contributed by atoms with E-state index in [1.807, 2.05) is 12.3 Å². The highest BCUT2D eigenvalue weighted by Crippen LogP contribution is 2.32. The number of ether oxygens (including phenoxy) is 1. The molecule has 2 aromatic rings. The van der Waals surface area contributed by atoms with Gasteiger partial charge >= 0.3 is 5.69 Å². The molecule has 1 atom stereocenters. The summed E-state index contributed by atoms with van der Waals surface area (Å²) in [5.41, 5.74) is 1.71. The molecule has 1 N–H and O–H groups in total. The molecule has 0 fully saturated rings. The number of nitrogens with zero attached hydrogens (tertiary/aromatic N) is 2. The highest BCUT2D eigenvalue weighted by molar-refractivity contribution is 7.09. The van der Waals surface area contributed by atoms with E-state index in [4.69, 9.17) is 4.74 Å². The van der Waals surface area contributed by atoms with Crippen molar-refractivity contribution in [2.24, 2.45) is 0 Å². The van der Waals surface area contributed by atoms with Crippen LogP contribution in [0, 0.1) is 10.1 Å². The first-order valence-electron chi connectivity index (χ1n) is 7.55. The topological polar surface area (TPSA) is 77.3 Å². The van der Waals surface area contributed by atoms with Crippen LogP contribution in [0.1, 0.15) is 50.4 Å². The summed E-state index contributed by atoms with van der Waals surface area (Å²) in [7, 11) is 0. The molecule has 7 heteroatoms. The first kappa shape index (κ1) is 17.2. The second kappa shape index (κ2) is 7.41. The van der Waals surface area contributed by atoms with Crippen molar-refractivity contribution in [3.05, 3.63) is 44.4 Å². The maximum Gasteiger partial charge on any atom is 0.311 e. The molecule has 1 heterocycles. The number of nitro groups is 1. The molecule has 0 aliphatic carbocycles. The molecule has 1 aromatic heterocycles. The molecule has 0 spiro atoms. The minimum absolute atomic E-state index is 0.00897. The van der Waals surface area contributed by atoms with Gasteiger partial charge in [-0.15, -0.1) is 11.3 Å². The maximum absolute atomic E-state index is 11.0. The van der Waals surface area contributed by atoms with Crippen molar-refractivity contribution in [2.45, 2.75) is 39.7 Å². The summed E-state index contributed by atoms with van der Waals surface area (Å²) in [5.74, 6) is 0.681. The molecular weight excluding hydrogens is 314 g/mol. The zero-order valence-electron chi connectivity index (χ0n) is 13.7. The third kappa shape index (κ3) is 4.19. The van der Waals surface area contributed by atoms with E-state index >= 15 is 0 Å². The van der Waals surface area contributed by atoms with E-state index in [0.29, 0.717) is 12.5 Å². The largest absolute Gasteiger partial charge is 0.487 e. The Morgan fingerprint density at radius 1 is 1.39 bits per heavy atom. The standard InChI is InChI=1S/C16H21N3O3S/c1-5-22-15-8-12(6-7-14(15)19(20)21)17-11(4)13-9-23-16(18-13)10(2)3/h6-11,17H,5H2,1-4H3. The first-order valence-corrected chi connectivity index (χ1v) is 8.43. The van der Waals surface area contributed by atoms with Gasteiger partial charge in [-0.1, -0.05) is 13.8 Å². The van der Waals surface area contributed by atoms with Crippen molar-refractivity contribution in [1.82, 2.24) is 4.98 Å². The van der Waals surface area contributed by atoms with Crippen molar-refractivity contribution in [2.75, 3.05) is 11.9 Å². The van der Waals surface area contributed by atoms with E-state index in [2.05, 4.69) is 24.1 Å². The Kier molecular flexibility index (Phi) is 5.54. The van der Waals surface area contributed by atoms with Gasteiger partial charge in [0, 0.05) is 29.1 Å². The minimum Gasteiger partial charge on any atom is -0.487 e. The lowest BCUT2D eigenvalue weighted by Crippen LogP contribution is -2.08. The monoisotopic (exact) mass is 335 g/mol. The molecule has 1 aromatic carbocycles. The lowest BCUT2D eigenvalue weighted by atomic mass is 10.2. The van der Waals surface area contributed by atoms with Gasteiger partial charge in [0.25, 0.3) is 0 Å². The lowest BCUT2D eigenvalue weighted by Gasteiger charge is -2.14. The number of anilines is 1. The number of nitro benzene ring substituents is 1. The number of nitrogens with one attached hydrogen (secondary N) is 1. The molecule has 23 heavy (non-hydrogen) atoms. The Morgan fingerprint density at radius 2 is 2.13 bits per heavy atom. The molecule has 0 amide bonds. The second-order valence-corrected chi connectivity index (χ2v) is 6.39. The van der Waals surface area contributed by atoms with Gasteiger partial charge < -0.3 is 10.1 Å². The summed E-state index contributed by atoms with van der Waals surface area (Å²) in [6, 6.07) is 4.82. The molecule has 0 aliphatic heterocycles. The number of thiazole rings is 1. The molecule has 2 rings (SSSR count). The third-order valence-electron chi connectivity index (χ3n) is 3.32. The maximum atomic E-state index is 11.0. The summed E-state index contributed by atoms with van der Waals surface area (Å²) in [4.78, 5) is 15.2. The van der Waals surface area contributed by atoms with Gasteiger partial charge in [-0.05, 0) is 19.9 Å². The molecule has 0 saturated heterocycles. The zero-order valence-corrected chi connectivity index (χ0v) is 14.5. The van der Waals surface area contributed by atoms with Crippen molar-refractivity contribution in [3.8, 4) is 5.75 Å². The summed E-state index contributed by atoms with van der Waals surface area (Å²) in [6.07, 6.45) is 0. The van der Waals surface area contributed by atoms with Crippen LogP contribution in [0.2, 0.25) is 0 Å². The van der Waals surface area contributed by atoms with Crippen LogP contribution in [0.25, 0.3) is 0 Å². The number of benzene rings is 1. The van der Waals surface area contributed by atoms with Gasteiger partial charge in [-0.25, -0.2) is 4.98 Å². The van der Waals surface area contributed by atoms with Gasteiger partial charge in [-0.2, -0.15) is 0 Å².